The zero-order valence-corrected chi connectivity index (χ0v) is 15.1. The molecule has 3 N–H and O–H groups in total. The lowest BCUT2D eigenvalue weighted by molar-refractivity contribution is -0.116. The Morgan fingerprint density at radius 3 is 2.46 bits per heavy atom. The molecule has 0 aliphatic heterocycles. The lowest BCUT2D eigenvalue weighted by Crippen LogP contribution is -2.31. The Bertz CT molecular complexity index is 888. The second-order valence-corrected chi connectivity index (χ2v) is 6.64. The zero-order chi connectivity index (χ0) is 18.5. The molecule has 1 atom stereocenters. The Balaban J connectivity index is 1.54. The van der Waals surface area contributed by atoms with Crippen LogP contribution in [0.2, 0.25) is 0 Å². The van der Waals surface area contributed by atoms with E-state index in [1.165, 1.54) is 11.3 Å². The summed E-state index contributed by atoms with van der Waals surface area (Å²) in [7, 11) is 0. The molecule has 2 heterocycles. The fraction of sp³-hybridized carbons (Fsp3) is 0.167. The quantitative estimate of drug-likeness (QED) is 0.614. The summed E-state index contributed by atoms with van der Waals surface area (Å²) in [5.41, 5.74) is 2.14. The van der Waals surface area contributed by atoms with E-state index in [4.69, 9.17) is 4.52 Å². The van der Waals surface area contributed by atoms with Crippen molar-refractivity contribution >= 4 is 40.4 Å². The highest BCUT2D eigenvalue weighted by molar-refractivity contribution is 7.12. The van der Waals surface area contributed by atoms with Gasteiger partial charge in [-0.1, -0.05) is 11.2 Å². The van der Waals surface area contributed by atoms with Crippen molar-refractivity contribution in [3.8, 4) is 0 Å². The summed E-state index contributed by atoms with van der Waals surface area (Å²) in [6, 6.07) is 11.9. The number of rotatable bonds is 6. The molecule has 0 radical (unpaired) electrons. The van der Waals surface area contributed by atoms with E-state index in [1.807, 2.05) is 11.4 Å². The normalized spacial score (nSPS) is 11.6. The third kappa shape index (κ3) is 4.48. The summed E-state index contributed by atoms with van der Waals surface area (Å²) in [4.78, 5) is 24.8. The van der Waals surface area contributed by atoms with Gasteiger partial charge in [0.05, 0.1) is 10.6 Å². The van der Waals surface area contributed by atoms with E-state index >= 15 is 0 Å². The fourth-order valence-electron chi connectivity index (χ4n) is 2.22. The van der Waals surface area contributed by atoms with Crippen LogP contribution in [-0.4, -0.2) is 23.0 Å². The van der Waals surface area contributed by atoms with Crippen molar-refractivity contribution in [2.24, 2.45) is 0 Å². The average molecular weight is 370 g/mol. The van der Waals surface area contributed by atoms with E-state index in [0.29, 0.717) is 22.1 Å². The standard InChI is InChI=1S/C18H18N4O3S/c1-11-10-16(25-22-11)21-17(23)12(2)19-13-5-7-14(8-6-13)20-18(24)15-4-3-9-26-15/h3-10,12,19H,1-2H3,(H,20,24)(H,21,23)/t12-/m0/s1. The molecule has 0 saturated heterocycles. The predicted octanol–water partition coefficient (Wildman–Crippen LogP) is 3.74. The summed E-state index contributed by atoms with van der Waals surface area (Å²) in [5, 5.41) is 14.1. The first-order valence-corrected chi connectivity index (χ1v) is 8.85. The van der Waals surface area contributed by atoms with Crippen molar-refractivity contribution in [1.29, 1.82) is 0 Å². The molecular weight excluding hydrogens is 352 g/mol. The lowest BCUT2D eigenvalue weighted by Gasteiger charge is -2.14. The van der Waals surface area contributed by atoms with Crippen molar-refractivity contribution in [3.05, 3.63) is 58.4 Å². The molecule has 3 aromatic rings. The monoisotopic (exact) mass is 370 g/mol. The first kappa shape index (κ1) is 17.7. The molecule has 0 fully saturated rings. The van der Waals surface area contributed by atoms with Gasteiger partial charge in [-0.3, -0.25) is 14.9 Å². The van der Waals surface area contributed by atoms with E-state index in [1.54, 1.807) is 50.2 Å². The molecule has 0 aliphatic rings. The maximum absolute atomic E-state index is 12.2. The van der Waals surface area contributed by atoms with Crippen LogP contribution in [0.25, 0.3) is 0 Å². The van der Waals surface area contributed by atoms with Gasteiger partial charge in [0, 0.05) is 17.4 Å². The minimum absolute atomic E-state index is 0.143. The molecule has 1 aromatic carbocycles. The predicted molar refractivity (Wildman–Crippen MR) is 102 cm³/mol. The van der Waals surface area contributed by atoms with Gasteiger partial charge in [0.2, 0.25) is 11.8 Å². The van der Waals surface area contributed by atoms with Crippen LogP contribution in [0.3, 0.4) is 0 Å². The minimum atomic E-state index is -0.480. The van der Waals surface area contributed by atoms with Crippen LogP contribution in [0.5, 0.6) is 0 Å². The van der Waals surface area contributed by atoms with Gasteiger partial charge >= 0.3 is 0 Å². The smallest absolute Gasteiger partial charge is 0.265 e. The molecule has 3 rings (SSSR count). The first-order valence-electron chi connectivity index (χ1n) is 7.97. The molecule has 0 aliphatic carbocycles. The number of nitrogens with zero attached hydrogens (tertiary/aromatic N) is 1. The van der Waals surface area contributed by atoms with Crippen LogP contribution in [0.1, 0.15) is 22.3 Å². The zero-order valence-electron chi connectivity index (χ0n) is 14.3. The van der Waals surface area contributed by atoms with Crippen LogP contribution in [0.4, 0.5) is 17.3 Å². The molecule has 2 aromatic heterocycles. The maximum atomic E-state index is 12.2. The molecule has 26 heavy (non-hydrogen) atoms. The molecule has 7 nitrogen and oxygen atoms in total. The van der Waals surface area contributed by atoms with E-state index in [-0.39, 0.29) is 11.8 Å². The summed E-state index contributed by atoms with van der Waals surface area (Å²) >= 11 is 1.39. The highest BCUT2D eigenvalue weighted by Gasteiger charge is 2.15. The highest BCUT2D eigenvalue weighted by Crippen LogP contribution is 2.17. The number of benzene rings is 1. The number of aryl methyl sites for hydroxylation is 1. The Hall–Kier alpha value is -3.13. The molecule has 0 bridgehead atoms. The Morgan fingerprint density at radius 2 is 1.85 bits per heavy atom. The van der Waals surface area contributed by atoms with Gasteiger partial charge in [0.15, 0.2) is 0 Å². The average Bonchev–Trinajstić information content (AvgIpc) is 3.28. The number of carbonyl (C=O) groups is 2. The second kappa shape index (κ2) is 7.83. The molecule has 134 valence electrons. The van der Waals surface area contributed by atoms with Crippen LogP contribution >= 0.6 is 11.3 Å². The van der Waals surface area contributed by atoms with Crippen molar-refractivity contribution < 1.29 is 14.1 Å². The first-order chi connectivity index (χ1) is 12.5. The number of nitrogens with one attached hydrogen (secondary N) is 3. The summed E-state index contributed by atoms with van der Waals surface area (Å²) in [6.07, 6.45) is 0. The van der Waals surface area contributed by atoms with E-state index in [9.17, 15) is 9.59 Å². The van der Waals surface area contributed by atoms with Crippen LogP contribution in [0.15, 0.2) is 52.4 Å². The minimum Gasteiger partial charge on any atom is -0.374 e. The van der Waals surface area contributed by atoms with Crippen LogP contribution in [0, 0.1) is 6.92 Å². The highest BCUT2D eigenvalue weighted by atomic mass is 32.1. The number of anilines is 3. The molecule has 0 unspecified atom stereocenters. The summed E-state index contributed by atoms with van der Waals surface area (Å²) in [6.45, 7) is 3.52. The fourth-order valence-corrected chi connectivity index (χ4v) is 2.84. The Kier molecular flexibility index (Phi) is 5.33. The number of carbonyl (C=O) groups excluding carboxylic acids is 2. The van der Waals surface area contributed by atoms with Crippen LogP contribution < -0.4 is 16.0 Å². The SMILES string of the molecule is Cc1cc(NC(=O)[C@H](C)Nc2ccc(NC(=O)c3cccs3)cc2)on1. The topological polar surface area (TPSA) is 96.3 Å². The Labute approximate surface area is 154 Å². The largest absolute Gasteiger partial charge is 0.374 e. The number of thiophene rings is 1. The van der Waals surface area contributed by atoms with Gasteiger partial charge in [-0.2, -0.15) is 0 Å². The van der Waals surface area contributed by atoms with E-state index < -0.39 is 6.04 Å². The maximum Gasteiger partial charge on any atom is 0.265 e. The molecule has 2 amide bonds. The summed E-state index contributed by atoms with van der Waals surface area (Å²) in [5.74, 6) is -0.0696. The van der Waals surface area contributed by atoms with Gasteiger partial charge in [-0.05, 0) is 49.6 Å². The van der Waals surface area contributed by atoms with Crippen molar-refractivity contribution in [2.45, 2.75) is 19.9 Å². The molecule has 0 saturated carbocycles. The van der Waals surface area contributed by atoms with Gasteiger partial charge in [0.1, 0.15) is 6.04 Å². The third-order valence-electron chi connectivity index (χ3n) is 3.54. The van der Waals surface area contributed by atoms with Gasteiger partial charge < -0.3 is 15.2 Å². The summed E-state index contributed by atoms with van der Waals surface area (Å²) < 4.78 is 4.97. The van der Waals surface area contributed by atoms with E-state index in [0.717, 1.165) is 5.69 Å². The van der Waals surface area contributed by atoms with Crippen molar-refractivity contribution in [3.63, 3.8) is 0 Å². The third-order valence-corrected chi connectivity index (χ3v) is 4.41. The number of hydrogen-bond acceptors (Lipinski definition) is 6. The number of aromatic nitrogens is 1. The van der Waals surface area contributed by atoms with Crippen molar-refractivity contribution in [2.75, 3.05) is 16.0 Å². The van der Waals surface area contributed by atoms with Crippen molar-refractivity contribution in [1.82, 2.24) is 5.16 Å². The Morgan fingerprint density at radius 1 is 1.12 bits per heavy atom. The van der Waals surface area contributed by atoms with Gasteiger partial charge in [-0.25, -0.2) is 0 Å². The lowest BCUT2D eigenvalue weighted by atomic mass is 10.2. The van der Waals surface area contributed by atoms with Crippen LogP contribution in [-0.2, 0) is 4.79 Å². The van der Waals surface area contributed by atoms with E-state index in [2.05, 4.69) is 21.1 Å². The van der Waals surface area contributed by atoms with Gasteiger partial charge in [-0.15, -0.1) is 11.3 Å². The van der Waals surface area contributed by atoms with Gasteiger partial charge in [0.25, 0.3) is 5.91 Å². The molecular formula is C18H18N4O3S. The number of hydrogen-bond donors (Lipinski definition) is 3. The molecule has 8 heteroatoms. The second-order valence-electron chi connectivity index (χ2n) is 5.70. The number of amides is 2. The molecule has 0 spiro atoms.